The molecule has 178 valence electrons. The third-order valence-corrected chi connectivity index (χ3v) is 5.22. The van der Waals surface area contributed by atoms with Crippen LogP contribution in [0.2, 0.25) is 5.02 Å². The van der Waals surface area contributed by atoms with Crippen LogP contribution < -0.4 is 0 Å². The maximum atomic E-state index is 15.1. The number of amides is 1. The van der Waals surface area contributed by atoms with Crippen LogP contribution in [0.5, 0.6) is 0 Å². The summed E-state index contributed by atoms with van der Waals surface area (Å²) in [7, 11) is 0. The first kappa shape index (κ1) is 26.1. The molecule has 10 heteroatoms. The van der Waals surface area contributed by atoms with E-state index in [4.69, 9.17) is 16.7 Å². The molecule has 2 aromatic heterocycles. The molecule has 8 nitrogen and oxygen atoms in total. The monoisotopic (exact) mass is 477 g/mol. The topological polar surface area (TPSA) is 104 Å². The number of benzene rings is 1. The first-order valence-corrected chi connectivity index (χ1v) is 11.4. The molecule has 0 aliphatic carbocycles. The summed E-state index contributed by atoms with van der Waals surface area (Å²) in [6.07, 6.45) is 5.96. The van der Waals surface area contributed by atoms with Gasteiger partial charge in [-0.05, 0) is 24.1 Å². The molecular formula is C23H29ClFN5O3. The first-order chi connectivity index (χ1) is 15.9. The molecule has 0 saturated heterocycles. The summed E-state index contributed by atoms with van der Waals surface area (Å²) in [5.41, 5.74) is 0.800. The zero-order valence-corrected chi connectivity index (χ0v) is 20.0. The molecule has 1 aliphatic heterocycles. The molecular weight excluding hydrogens is 449 g/mol. The molecule has 0 saturated carbocycles. The van der Waals surface area contributed by atoms with Gasteiger partial charge < -0.3 is 15.0 Å². The number of aryl methyl sites for hydroxylation is 1. The van der Waals surface area contributed by atoms with E-state index >= 15 is 4.39 Å². The van der Waals surface area contributed by atoms with Crippen LogP contribution in [0.4, 0.5) is 4.39 Å². The van der Waals surface area contributed by atoms with Gasteiger partial charge >= 0.3 is 5.97 Å². The van der Waals surface area contributed by atoms with Gasteiger partial charge in [0.15, 0.2) is 5.82 Å². The molecule has 4 rings (SSSR count). The Hall–Kier alpha value is -3.20. The van der Waals surface area contributed by atoms with Crippen molar-refractivity contribution in [3.8, 4) is 0 Å². The van der Waals surface area contributed by atoms with E-state index in [1.807, 2.05) is 33.8 Å². The predicted octanol–water partition coefficient (Wildman–Crippen LogP) is 5.01. The van der Waals surface area contributed by atoms with Crippen molar-refractivity contribution in [1.82, 2.24) is 24.9 Å². The number of carboxylic acids is 1. The van der Waals surface area contributed by atoms with Crippen molar-refractivity contribution < 1.29 is 19.1 Å². The average molecular weight is 478 g/mol. The fraction of sp³-hybridized carbons (Fsp3) is 0.391. The lowest BCUT2D eigenvalue weighted by Gasteiger charge is -2.28. The largest absolute Gasteiger partial charge is 0.477 e. The second-order valence-electron chi connectivity index (χ2n) is 6.75. The quantitative estimate of drug-likeness (QED) is 0.537. The summed E-state index contributed by atoms with van der Waals surface area (Å²) < 4.78 is 16.7. The fourth-order valence-corrected chi connectivity index (χ4v) is 3.70. The number of carboxylic acid groups (broad SMARTS) is 1. The van der Waals surface area contributed by atoms with Gasteiger partial charge in [0.25, 0.3) is 0 Å². The lowest BCUT2D eigenvalue weighted by atomic mass is 9.99. The van der Waals surface area contributed by atoms with Crippen LogP contribution in [0.3, 0.4) is 0 Å². The number of hydrogen-bond acceptors (Lipinski definition) is 4. The summed E-state index contributed by atoms with van der Waals surface area (Å²) in [5.74, 6) is -1.84. The Kier molecular flexibility index (Phi) is 9.59. The highest BCUT2D eigenvalue weighted by molar-refractivity contribution is 6.35. The first-order valence-electron chi connectivity index (χ1n) is 11.0. The zero-order valence-electron chi connectivity index (χ0n) is 19.2. The van der Waals surface area contributed by atoms with Crippen LogP contribution in [0.1, 0.15) is 56.6 Å². The van der Waals surface area contributed by atoms with E-state index in [1.54, 1.807) is 22.0 Å². The molecule has 2 N–H and O–H groups in total. The number of rotatable bonds is 5. The Morgan fingerprint density at radius 1 is 1.24 bits per heavy atom. The SMILES string of the molecule is CC.CC.O=C(O)c1cc2c(Cl)cc(C3=CCCN(C(=O)CCn4ccnn4)C3)c(F)c2[nH]1. The number of aromatic nitrogens is 4. The molecule has 3 aromatic rings. The highest BCUT2D eigenvalue weighted by atomic mass is 35.5. The van der Waals surface area contributed by atoms with Gasteiger partial charge in [0.05, 0.1) is 23.3 Å². The zero-order chi connectivity index (χ0) is 24.5. The van der Waals surface area contributed by atoms with Crippen LogP contribution in [0, 0.1) is 5.82 Å². The average Bonchev–Trinajstić information content (AvgIpc) is 3.53. The Balaban J connectivity index is 0.000000914. The molecule has 1 amide bonds. The molecule has 1 aromatic carbocycles. The van der Waals surface area contributed by atoms with E-state index < -0.39 is 11.8 Å². The molecule has 0 atom stereocenters. The summed E-state index contributed by atoms with van der Waals surface area (Å²) in [6.45, 7) is 9.21. The number of carbonyl (C=O) groups excluding carboxylic acids is 1. The lowest BCUT2D eigenvalue weighted by Crippen LogP contribution is -2.36. The minimum atomic E-state index is -1.20. The van der Waals surface area contributed by atoms with E-state index in [1.165, 1.54) is 12.1 Å². The molecule has 3 heterocycles. The van der Waals surface area contributed by atoms with Gasteiger partial charge in [0.2, 0.25) is 5.91 Å². The summed E-state index contributed by atoms with van der Waals surface area (Å²) in [6, 6.07) is 2.79. The van der Waals surface area contributed by atoms with Crippen molar-refractivity contribution in [2.24, 2.45) is 0 Å². The van der Waals surface area contributed by atoms with Crippen LogP contribution >= 0.6 is 11.6 Å². The van der Waals surface area contributed by atoms with Crippen molar-refractivity contribution in [2.45, 2.75) is 47.1 Å². The van der Waals surface area contributed by atoms with Gasteiger partial charge in [-0.15, -0.1) is 5.10 Å². The highest BCUT2D eigenvalue weighted by Crippen LogP contribution is 2.34. The summed E-state index contributed by atoms with van der Waals surface area (Å²) in [4.78, 5) is 28.0. The number of halogens is 2. The van der Waals surface area contributed by atoms with E-state index in [9.17, 15) is 9.59 Å². The van der Waals surface area contributed by atoms with Gasteiger partial charge in [-0.3, -0.25) is 9.48 Å². The molecule has 0 radical (unpaired) electrons. The highest BCUT2D eigenvalue weighted by Gasteiger charge is 2.23. The molecule has 0 bridgehead atoms. The number of aromatic amines is 1. The Labute approximate surface area is 197 Å². The molecule has 0 fully saturated rings. The number of carbonyl (C=O) groups is 2. The summed E-state index contributed by atoms with van der Waals surface area (Å²) in [5, 5.41) is 17.2. The molecule has 33 heavy (non-hydrogen) atoms. The van der Waals surface area contributed by atoms with Crippen molar-refractivity contribution in [2.75, 3.05) is 13.1 Å². The van der Waals surface area contributed by atoms with Gasteiger partial charge in [-0.2, -0.15) is 0 Å². The van der Waals surface area contributed by atoms with Crippen molar-refractivity contribution >= 4 is 40.0 Å². The van der Waals surface area contributed by atoms with Crippen LogP contribution in [-0.2, 0) is 11.3 Å². The standard InChI is InChI=1S/C19H17ClFN5O3.2C2H6/c20-14-8-12(17(21)18-13(14)9-15(23-18)19(28)29)11-2-1-5-25(10-11)16(27)3-6-26-7-4-22-24-26;2*1-2/h2,4,7-9,23H,1,3,5-6,10H2,(H,28,29);2*1-2H3. The van der Waals surface area contributed by atoms with Crippen molar-refractivity contribution in [3.05, 3.63) is 52.7 Å². The normalized spacial score (nSPS) is 12.9. The number of nitrogens with one attached hydrogen (secondary N) is 1. The molecule has 0 spiro atoms. The second-order valence-corrected chi connectivity index (χ2v) is 7.15. The number of nitrogens with zero attached hydrogens (tertiary/aromatic N) is 4. The predicted molar refractivity (Wildman–Crippen MR) is 127 cm³/mol. The van der Waals surface area contributed by atoms with Gasteiger partial charge in [0, 0.05) is 36.7 Å². The van der Waals surface area contributed by atoms with Crippen molar-refractivity contribution in [1.29, 1.82) is 0 Å². The summed E-state index contributed by atoms with van der Waals surface area (Å²) >= 11 is 6.27. The van der Waals surface area contributed by atoms with Crippen LogP contribution in [0.15, 0.2) is 30.6 Å². The van der Waals surface area contributed by atoms with Gasteiger partial charge in [-0.25, -0.2) is 9.18 Å². The third kappa shape index (κ3) is 5.98. The maximum Gasteiger partial charge on any atom is 0.352 e. The van der Waals surface area contributed by atoms with E-state index in [-0.39, 0.29) is 40.7 Å². The Morgan fingerprint density at radius 3 is 2.61 bits per heavy atom. The Morgan fingerprint density at radius 2 is 1.97 bits per heavy atom. The second kappa shape index (κ2) is 12.2. The van der Waals surface area contributed by atoms with E-state index in [0.717, 1.165) is 0 Å². The lowest BCUT2D eigenvalue weighted by molar-refractivity contribution is -0.131. The minimum Gasteiger partial charge on any atom is -0.477 e. The maximum absolute atomic E-state index is 15.1. The van der Waals surface area contributed by atoms with Gasteiger partial charge in [0.1, 0.15) is 5.69 Å². The molecule has 1 aliphatic rings. The van der Waals surface area contributed by atoms with Gasteiger partial charge in [-0.1, -0.05) is 50.6 Å². The van der Waals surface area contributed by atoms with E-state index in [0.29, 0.717) is 30.5 Å². The van der Waals surface area contributed by atoms with Crippen LogP contribution in [0.25, 0.3) is 16.5 Å². The smallest absolute Gasteiger partial charge is 0.352 e. The fourth-order valence-electron chi connectivity index (χ4n) is 3.44. The number of fused-ring (bicyclic) bond motifs is 1. The number of H-pyrrole nitrogens is 1. The Bertz CT molecular complexity index is 1130. The van der Waals surface area contributed by atoms with Crippen molar-refractivity contribution in [3.63, 3.8) is 0 Å². The number of aromatic carboxylic acids is 1. The third-order valence-electron chi connectivity index (χ3n) is 4.91. The minimum absolute atomic E-state index is 0.0421. The number of hydrogen-bond donors (Lipinski definition) is 2. The van der Waals surface area contributed by atoms with Crippen LogP contribution in [-0.4, -0.2) is 55.0 Å². The van der Waals surface area contributed by atoms with E-state index in [2.05, 4.69) is 15.3 Å². The molecule has 0 unspecified atom stereocenters.